The van der Waals surface area contributed by atoms with Crippen molar-refractivity contribution >= 4 is 45.1 Å². The number of hydrogen-bond donors (Lipinski definition) is 1. The van der Waals surface area contributed by atoms with Crippen molar-refractivity contribution in [2.75, 3.05) is 11.9 Å². The molecule has 3 aromatic carbocycles. The molecule has 0 atom stereocenters. The largest absolute Gasteiger partial charge is 0.294 e. The molecule has 0 aliphatic heterocycles. The Morgan fingerprint density at radius 1 is 0.974 bits per heavy atom. The predicted octanol–water partition coefficient (Wildman–Crippen LogP) is 6.25. The van der Waals surface area contributed by atoms with Gasteiger partial charge in [0.1, 0.15) is 0 Å². The predicted molar refractivity (Wildman–Crippen MR) is 150 cm³/mol. The monoisotopic (exact) mass is 568 g/mol. The maximum atomic E-state index is 13.4. The van der Waals surface area contributed by atoms with Gasteiger partial charge in [0.05, 0.1) is 17.1 Å². The van der Waals surface area contributed by atoms with Crippen LogP contribution in [0.2, 0.25) is 10.0 Å². The maximum Gasteiger partial charge on any atom is 0.243 e. The van der Waals surface area contributed by atoms with Gasteiger partial charge in [-0.1, -0.05) is 41.4 Å². The van der Waals surface area contributed by atoms with E-state index in [1.165, 1.54) is 28.6 Å². The van der Waals surface area contributed by atoms with Crippen LogP contribution in [0.3, 0.4) is 0 Å². The third kappa shape index (κ3) is 5.63. The average molecular weight is 570 g/mol. The summed E-state index contributed by atoms with van der Waals surface area (Å²) < 4.78 is 29.8. The number of sulfonamides is 1. The van der Waals surface area contributed by atoms with Crippen molar-refractivity contribution in [1.29, 1.82) is 0 Å². The van der Waals surface area contributed by atoms with Gasteiger partial charge in [0.15, 0.2) is 0 Å². The third-order valence-electron chi connectivity index (χ3n) is 6.54. The van der Waals surface area contributed by atoms with Gasteiger partial charge in [-0.2, -0.15) is 4.31 Å². The number of rotatable bonds is 8. The van der Waals surface area contributed by atoms with Crippen molar-refractivity contribution < 1.29 is 13.2 Å². The normalized spacial score (nSPS) is 13.6. The molecule has 10 heteroatoms. The van der Waals surface area contributed by atoms with E-state index >= 15 is 0 Å². The van der Waals surface area contributed by atoms with E-state index in [9.17, 15) is 13.2 Å². The first-order valence-electron chi connectivity index (χ1n) is 12.1. The molecule has 1 aliphatic rings. The molecule has 1 aliphatic carbocycles. The van der Waals surface area contributed by atoms with Gasteiger partial charge in [-0.05, 0) is 86.3 Å². The lowest BCUT2D eigenvalue weighted by Crippen LogP contribution is -2.39. The van der Waals surface area contributed by atoms with E-state index in [0.717, 1.165) is 22.4 Å². The number of carbonyl (C=O) groups excluding carboxylic acids is 1. The lowest BCUT2D eigenvalue weighted by molar-refractivity contribution is -0.116. The van der Waals surface area contributed by atoms with E-state index in [0.29, 0.717) is 34.5 Å². The molecular formula is C28H26Cl2N4O3S. The van der Waals surface area contributed by atoms with Crippen molar-refractivity contribution in [3.05, 3.63) is 94.1 Å². The first-order chi connectivity index (χ1) is 18.1. The summed E-state index contributed by atoms with van der Waals surface area (Å²) in [4.78, 5) is 18.1. The van der Waals surface area contributed by atoms with E-state index in [-0.39, 0.29) is 17.5 Å². The van der Waals surface area contributed by atoms with Crippen LogP contribution in [0.15, 0.2) is 77.8 Å². The molecule has 196 valence electrons. The lowest BCUT2D eigenvalue weighted by Gasteiger charge is -2.21. The number of amides is 1. The number of benzene rings is 3. The standard InChI is InChI=1S/C28H26Cl2N4O3S/c1-18-3-10-24(15-19(18)2)33-16-26(20-4-6-21(29)7-5-20)31-28(33)32-27(35)17-34(23-11-12-23)38(36,37)25-13-8-22(30)9-14-25/h3-10,13-16,23H,11-12,17H2,1-2H3,(H,31,32,35). The van der Waals surface area contributed by atoms with Gasteiger partial charge in [0, 0.05) is 33.5 Å². The van der Waals surface area contributed by atoms with Crippen LogP contribution < -0.4 is 5.32 Å². The molecule has 38 heavy (non-hydrogen) atoms. The van der Waals surface area contributed by atoms with Gasteiger partial charge in [-0.25, -0.2) is 13.4 Å². The minimum absolute atomic E-state index is 0.100. The molecule has 0 saturated heterocycles. The molecule has 7 nitrogen and oxygen atoms in total. The van der Waals surface area contributed by atoms with Gasteiger partial charge in [-0.3, -0.25) is 14.7 Å². The highest BCUT2D eigenvalue weighted by molar-refractivity contribution is 7.89. The summed E-state index contributed by atoms with van der Waals surface area (Å²) >= 11 is 12.0. The zero-order valence-corrected chi connectivity index (χ0v) is 23.2. The van der Waals surface area contributed by atoms with Crippen molar-refractivity contribution in [2.24, 2.45) is 0 Å². The van der Waals surface area contributed by atoms with E-state index in [2.05, 4.69) is 10.3 Å². The van der Waals surface area contributed by atoms with Crippen molar-refractivity contribution in [2.45, 2.75) is 37.6 Å². The number of imidazole rings is 1. The van der Waals surface area contributed by atoms with E-state index in [4.69, 9.17) is 23.2 Å². The fourth-order valence-electron chi connectivity index (χ4n) is 4.12. The average Bonchev–Trinajstić information content (AvgIpc) is 3.64. The Morgan fingerprint density at radius 3 is 2.21 bits per heavy atom. The number of hydrogen-bond acceptors (Lipinski definition) is 4. The molecule has 4 aromatic rings. The van der Waals surface area contributed by atoms with Gasteiger partial charge < -0.3 is 0 Å². The number of halogens is 2. The van der Waals surface area contributed by atoms with Gasteiger partial charge in [0.25, 0.3) is 0 Å². The highest BCUT2D eigenvalue weighted by Gasteiger charge is 2.39. The minimum Gasteiger partial charge on any atom is -0.294 e. The molecule has 1 N–H and O–H groups in total. The molecule has 1 aromatic heterocycles. The number of anilines is 1. The molecule has 0 unspecified atom stereocenters. The molecular weight excluding hydrogens is 543 g/mol. The number of carbonyl (C=O) groups is 1. The molecule has 1 heterocycles. The molecule has 5 rings (SSSR count). The molecule has 1 amide bonds. The summed E-state index contributed by atoms with van der Waals surface area (Å²) in [5.74, 6) is -0.185. The van der Waals surface area contributed by atoms with Crippen molar-refractivity contribution in [3.63, 3.8) is 0 Å². The topological polar surface area (TPSA) is 84.3 Å². The molecule has 0 bridgehead atoms. The van der Waals surface area contributed by atoms with Crippen LogP contribution in [0.4, 0.5) is 5.95 Å². The van der Waals surface area contributed by atoms with E-state index < -0.39 is 15.9 Å². The van der Waals surface area contributed by atoms with Crippen LogP contribution in [0, 0.1) is 13.8 Å². The summed E-state index contributed by atoms with van der Waals surface area (Å²) in [6, 6.07) is 19.0. The Kier molecular flexibility index (Phi) is 7.33. The molecule has 1 fully saturated rings. The molecule has 1 saturated carbocycles. The maximum absolute atomic E-state index is 13.4. The summed E-state index contributed by atoms with van der Waals surface area (Å²) in [7, 11) is -3.88. The minimum atomic E-state index is -3.88. The van der Waals surface area contributed by atoms with Gasteiger partial charge in [-0.15, -0.1) is 0 Å². The summed E-state index contributed by atoms with van der Waals surface area (Å²) in [5.41, 5.74) is 4.53. The fourth-order valence-corrected chi connectivity index (χ4v) is 6.01. The van der Waals surface area contributed by atoms with Gasteiger partial charge in [0.2, 0.25) is 21.9 Å². The highest BCUT2D eigenvalue weighted by atomic mass is 35.5. The number of nitrogens with zero attached hydrogens (tertiary/aromatic N) is 3. The Bertz CT molecular complexity index is 1600. The Morgan fingerprint density at radius 2 is 1.61 bits per heavy atom. The second-order valence-electron chi connectivity index (χ2n) is 9.38. The van der Waals surface area contributed by atoms with Crippen molar-refractivity contribution in [1.82, 2.24) is 13.9 Å². The quantitative estimate of drug-likeness (QED) is 0.272. The van der Waals surface area contributed by atoms with E-state index in [1.54, 1.807) is 16.7 Å². The summed E-state index contributed by atoms with van der Waals surface area (Å²) in [6.07, 6.45) is 3.25. The number of nitrogens with one attached hydrogen (secondary N) is 1. The zero-order chi connectivity index (χ0) is 27.0. The highest BCUT2D eigenvalue weighted by Crippen LogP contribution is 2.33. The van der Waals surface area contributed by atoms with Crippen LogP contribution in [-0.4, -0.2) is 40.8 Å². The lowest BCUT2D eigenvalue weighted by atomic mass is 10.1. The van der Waals surface area contributed by atoms with E-state index in [1.807, 2.05) is 50.4 Å². The van der Waals surface area contributed by atoms with Crippen LogP contribution >= 0.6 is 23.2 Å². The zero-order valence-electron chi connectivity index (χ0n) is 20.9. The second-order valence-corrected chi connectivity index (χ2v) is 12.1. The molecule has 0 spiro atoms. The van der Waals surface area contributed by atoms with Crippen LogP contribution in [0.1, 0.15) is 24.0 Å². The first-order valence-corrected chi connectivity index (χ1v) is 14.3. The number of aryl methyl sites for hydroxylation is 2. The van der Waals surface area contributed by atoms with Crippen LogP contribution in [0.25, 0.3) is 16.9 Å². The smallest absolute Gasteiger partial charge is 0.243 e. The van der Waals surface area contributed by atoms with Crippen LogP contribution in [0.5, 0.6) is 0 Å². The number of aromatic nitrogens is 2. The summed E-state index contributed by atoms with van der Waals surface area (Å²) in [6.45, 7) is 3.72. The first kappa shape index (κ1) is 26.4. The third-order valence-corrected chi connectivity index (χ3v) is 8.96. The van der Waals surface area contributed by atoms with Gasteiger partial charge >= 0.3 is 0 Å². The van der Waals surface area contributed by atoms with Crippen LogP contribution in [-0.2, 0) is 14.8 Å². The van der Waals surface area contributed by atoms with Crippen molar-refractivity contribution in [3.8, 4) is 16.9 Å². The summed E-state index contributed by atoms with van der Waals surface area (Å²) in [5, 5.41) is 3.90. The second kappa shape index (κ2) is 10.5. The SMILES string of the molecule is Cc1ccc(-n2cc(-c3ccc(Cl)cc3)nc2NC(=O)CN(C2CC2)S(=O)(=O)c2ccc(Cl)cc2)cc1C. The Labute approximate surface area is 232 Å². The Hall–Kier alpha value is -3.17. The fraction of sp³-hybridized carbons (Fsp3) is 0.214. The molecule has 0 radical (unpaired) electrons. The Balaban J connectivity index is 1.46.